The second-order valence-electron chi connectivity index (χ2n) is 5.50. The quantitative estimate of drug-likeness (QED) is 0.772. The first-order valence-electron chi connectivity index (χ1n) is 7.24. The van der Waals surface area contributed by atoms with Crippen LogP contribution >= 0.6 is 23.2 Å². The van der Waals surface area contributed by atoms with Gasteiger partial charge in [0.15, 0.2) is 0 Å². The van der Waals surface area contributed by atoms with Gasteiger partial charge in [0.2, 0.25) is 5.91 Å². The molecule has 3 nitrogen and oxygen atoms in total. The second kappa shape index (κ2) is 7.80. The molecule has 1 aromatic carbocycles. The monoisotopic (exact) mass is 342 g/mol. The smallest absolute Gasteiger partial charge is 0.238 e. The van der Waals surface area contributed by atoms with Gasteiger partial charge in [0.1, 0.15) is 11.7 Å². The van der Waals surface area contributed by atoms with Crippen LogP contribution in [-0.4, -0.2) is 22.7 Å². The lowest BCUT2D eigenvalue weighted by molar-refractivity contribution is -0.132. The zero-order valence-corrected chi connectivity index (χ0v) is 13.6. The molecule has 0 bridgehead atoms. The molecule has 2 rings (SSSR count). The van der Waals surface area contributed by atoms with Crippen molar-refractivity contribution in [3.63, 3.8) is 0 Å². The van der Waals surface area contributed by atoms with E-state index in [0.29, 0.717) is 5.56 Å². The predicted octanol–water partition coefficient (Wildman–Crippen LogP) is 4.13. The first kappa shape index (κ1) is 17.1. The molecule has 1 aromatic rings. The topological polar surface area (TPSA) is 44.1 Å². The Kier molecular flexibility index (Phi) is 6.05. The lowest BCUT2D eigenvalue weighted by Crippen LogP contribution is -2.42. The minimum Gasteiger partial charge on any atom is -0.334 e. The van der Waals surface area contributed by atoms with E-state index >= 15 is 0 Å². The fourth-order valence-corrected chi connectivity index (χ4v) is 3.21. The summed E-state index contributed by atoms with van der Waals surface area (Å²) in [6.45, 7) is 0.240. The zero-order valence-electron chi connectivity index (χ0n) is 12.1. The number of nitrogens with zero attached hydrogens (tertiary/aromatic N) is 2. The largest absolute Gasteiger partial charge is 0.334 e. The molecule has 1 fully saturated rings. The molecule has 1 aliphatic carbocycles. The second-order valence-corrected chi connectivity index (χ2v) is 6.15. The molecule has 1 saturated carbocycles. The van der Waals surface area contributed by atoms with E-state index in [1.165, 1.54) is 6.07 Å². The lowest BCUT2D eigenvalue weighted by atomic mass is 9.86. The number of carbonyl (C=O) groups excluding carboxylic acids is 1. The molecule has 6 heteroatoms. The van der Waals surface area contributed by atoms with Crippen LogP contribution in [0.3, 0.4) is 0 Å². The lowest BCUT2D eigenvalue weighted by Gasteiger charge is -2.35. The number of benzene rings is 1. The Morgan fingerprint density at radius 3 is 2.64 bits per heavy atom. The van der Waals surface area contributed by atoms with Crippen LogP contribution in [0.5, 0.6) is 0 Å². The van der Waals surface area contributed by atoms with Gasteiger partial charge in [-0.3, -0.25) is 4.79 Å². The third-order valence-electron chi connectivity index (χ3n) is 4.13. The molecule has 0 unspecified atom stereocenters. The maximum absolute atomic E-state index is 13.6. The minimum absolute atomic E-state index is 0.0233. The maximum atomic E-state index is 13.6. The van der Waals surface area contributed by atoms with E-state index in [1.54, 1.807) is 17.0 Å². The van der Waals surface area contributed by atoms with Crippen molar-refractivity contribution in [2.24, 2.45) is 5.92 Å². The van der Waals surface area contributed by atoms with Crippen molar-refractivity contribution in [3.8, 4) is 6.07 Å². The van der Waals surface area contributed by atoms with Crippen molar-refractivity contribution < 1.29 is 9.18 Å². The number of hydrogen-bond donors (Lipinski definition) is 0. The van der Waals surface area contributed by atoms with Crippen LogP contribution in [0.15, 0.2) is 18.2 Å². The number of amides is 1. The van der Waals surface area contributed by atoms with Gasteiger partial charge in [0.25, 0.3) is 0 Å². The number of rotatable bonds is 4. The molecule has 1 aliphatic rings. The summed E-state index contributed by atoms with van der Waals surface area (Å²) in [5, 5.41) is 9.00. The molecule has 0 spiro atoms. The summed E-state index contributed by atoms with van der Waals surface area (Å²) in [4.78, 5) is 13.8. The third kappa shape index (κ3) is 3.91. The van der Waals surface area contributed by atoms with E-state index in [2.05, 4.69) is 6.07 Å². The van der Waals surface area contributed by atoms with Gasteiger partial charge in [0.05, 0.1) is 11.1 Å². The molecule has 0 N–H and O–H groups in total. The number of halogens is 3. The Labute approximate surface area is 139 Å². The number of hydrogen-bond acceptors (Lipinski definition) is 2. The molecular weight excluding hydrogens is 326 g/mol. The van der Waals surface area contributed by atoms with Crippen molar-refractivity contribution in [2.75, 3.05) is 5.88 Å². The highest BCUT2D eigenvalue weighted by Crippen LogP contribution is 2.30. The summed E-state index contributed by atoms with van der Waals surface area (Å²) in [5.41, 5.74) is 0.572. The first-order chi connectivity index (χ1) is 10.6. The summed E-state index contributed by atoms with van der Waals surface area (Å²) in [7, 11) is 0. The Hall–Kier alpha value is -1.31. The van der Waals surface area contributed by atoms with E-state index < -0.39 is 5.82 Å². The molecular formula is C16H17Cl2FN2O. The van der Waals surface area contributed by atoms with E-state index in [9.17, 15) is 9.18 Å². The zero-order chi connectivity index (χ0) is 16.1. The van der Waals surface area contributed by atoms with Gasteiger partial charge in [0, 0.05) is 18.5 Å². The van der Waals surface area contributed by atoms with Crippen molar-refractivity contribution in [2.45, 2.75) is 38.3 Å². The highest BCUT2D eigenvalue weighted by atomic mass is 35.5. The van der Waals surface area contributed by atoms with Gasteiger partial charge in [-0.15, -0.1) is 11.6 Å². The number of alkyl halides is 1. The van der Waals surface area contributed by atoms with Gasteiger partial charge in [-0.25, -0.2) is 4.39 Å². The predicted molar refractivity (Wildman–Crippen MR) is 84.0 cm³/mol. The van der Waals surface area contributed by atoms with Crippen LogP contribution in [0, 0.1) is 23.1 Å². The molecule has 0 heterocycles. The van der Waals surface area contributed by atoms with Gasteiger partial charge < -0.3 is 4.90 Å². The molecule has 1 amide bonds. The molecule has 0 radical (unpaired) electrons. The minimum atomic E-state index is -0.495. The average molecular weight is 343 g/mol. The van der Waals surface area contributed by atoms with Crippen LogP contribution in [0.1, 0.15) is 31.2 Å². The van der Waals surface area contributed by atoms with Crippen LogP contribution < -0.4 is 0 Å². The molecule has 0 aliphatic heterocycles. The number of carbonyl (C=O) groups is 1. The fourth-order valence-electron chi connectivity index (χ4n) is 2.87. The van der Waals surface area contributed by atoms with Crippen LogP contribution in [0.4, 0.5) is 4.39 Å². The standard InChI is InChI=1S/C16H17Cl2FN2O/c17-8-15(22)21(13-6-4-11(9-20)5-7-13)10-12-2-1-3-14(19)16(12)18/h1-3,11,13H,4-8,10H2. The van der Waals surface area contributed by atoms with Crippen LogP contribution in [0.25, 0.3) is 0 Å². The Morgan fingerprint density at radius 1 is 1.36 bits per heavy atom. The van der Waals surface area contributed by atoms with Gasteiger partial charge >= 0.3 is 0 Å². The van der Waals surface area contributed by atoms with Gasteiger partial charge in [-0.1, -0.05) is 23.7 Å². The maximum Gasteiger partial charge on any atom is 0.238 e. The van der Waals surface area contributed by atoms with Gasteiger partial charge in [-0.05, 0) is 37.3 Å². The normalized spacial score (nSPS) is 21.2. The fraction of sp³-hybridized carbons (Fsp3) is 0.500. The van der Waals surface area contributed by atoms with Crippen LogP contribution in [0.2, 0.25) is 5.02 Å². The van der Waals surface area contributed by atoms with E-state index in [0.717, 1.165) is 25.7 Å². The molecule has 22 heavy (non-hydrogen) atoms. The summed E-state index contributed by atoms with van der Waals surface area (Å²) < 4.78 is 13.6. The Bertz CT molecular complexity index is 580. The molecule has 0 aromatic heterocycles. The van der Waals surface area contributed by atoms with Gasteiger partial charge in [-0.2, -0.15) is 5.26 Å². The molecule has 118 valence electrons. The Balaban J connectivity index is 2.15. The number of nitriles is 1. The highest BCUT2D eigenvalue weighted by molar-refractivity contribution is 6.31. The summed E-state index contributed by atoms with van der Waals surface area (Å²) >= 11 is 11.7. The average Bonchev–Trinajstić information content (AvgIpc) is 2.55. The Morgan fingerprint density at radius 2 is 2.05 bits per heavy atom. The van der Waals surface area contributed by atoms with Crippen molar-refractivity contribution in [3.05, 3.63) is 34.6 Å². The van der Waals surface area contributed by atoms with Crippen molar-refractivity contribution in [1.29, 1.82) is 5.26 Å². The van der Waals surface area contributed by atoms with Crippen molar-refractivity contribution in [1.82, 2.24) is 4.90 Å². The summed E-state index contributed by atoms with van der Waals surface area (Å²) in [5.74, 6) is -0.750. The molecule has 0 saturated heterocycles. The van der Waals surface area contributed by atoms with E-state index in [4.69, 9.17) is 28.5 Å². The van der Waals surface area contributed by atoms with Crippen molar-refractivity contribution >= 4 is 29.1 Å². The van der Waals surface area contributed by atoms with E-state index in [-0.39, 0.29) is 35.3 Å². The first-order valence-corrected chi connectivity index (χ1v) is 8.16. The highest BCUT2D eigenvalue weighted by Gasteiger charge is 2.29. The third-order valence-corrected chi connectivity index (χ3v) is 4.78. The summed E-state index contributed by atoms with van der Waals surface area (Å²) in [6, 6.07) is 6.87. The van der Waals surface area contributed by atoms with E-state index in [1.807, 2.05) is 0 Å². The SMILES string of the molecule is N#CC1CCC(N(Cc2cccc(F)c2Cl)C(=O)CCl)CC1. The van der Waals surface area contributed by atoms with Crippen LogP contribution in [-0.2, 0) is 11.3 Å². The summed E-state index contributed by atoms with van der Waals surface area (Å²) in [6.07, 6.45) is 3.05. The molecule has 0 atom stereocenters.